The summed E-state index contributed by atoms with van der Waals surface area (Å²) < 4.78 is 25.8. The lowest BCUT2D eigenvalue weighted by atomic mass is 10.4. The molecule has 0 radical (unpaired) electrons. The zero-order valence-electron chi connectivity index (χ0n) is 8.21. The number of nitrogens with two attached hydrogens (primary N) is 1. The Morgan fingerprint density at radius 2 is 2.12 bits per heavy atom. The van der Waals surface area contributed by atoms with Crippen molar-refractivity contribution < 1.29 is 8.42 Å². The molecule has 4 N–H and O–H groups in total. The first-order valence-electron chi connectivity index (χ1n) is 4.45. The average Bonchev–Trinajstić information content (AvgIpc) is 2.75. The van der Waals surface area contributed by atoms with Crippen molar-refractivity contribution in [1.82, 2.24) is 9.97 Å². The summed E-state index contributed by atoms with van der Waals surface area (Å²) in [6.07, 6.45) is 4.31. The van der Waals surface area contributed by atoms with E-state index >= 15 is 0 Å². The van der Waals surface area contributed by atoms with Gasteiger partial charge in [0.05, 0.1) is 11.9 Å². The number of hydrogen-bond acceptors (Lipinski definition) is 4. The molecule has 0 unspecified atom stereocenters. The van der Waals surface area contributed by atoms with Crippen LogP contribution in [0.4, 0.5) is 11.5 Å². The highest BCUT2D eigenvalue weighted by Gasteiger charge is 2.14. The Morgan fingerprint density at radius 3 is 2.69 bits per heavy atom. The monoisotopic (exact) mass is 238 g/mol. The van der Waals surface area contributed by atoms with E-state index in [4.69, 9.17) is 5.73 Å². The first-order valence-corrected chi connectivity index (χ1v) is 5.93. The highest BCUT2D eigenvalue weighted by atomic mass is 32.2. The third kappa shape index (κ3) is 2.14. The van der Waals surface area contributed by atoms with Gasteiger partial charge in [0.1, 0.15) is 10.7 Å². The third-order valence-corrected chi connectivity index (χ3v) is 3.26. The van der Waals surface area contributed by atoms with Crippen LogP contribution in [0, 0.1) is 0 Å². The minimum atomic E-state index is -3.57. The maximum Gasteiger partial charge on any atom is 0.264 e. The van der Waals surface area contributed by atoms with Crippen LogP contribution in [0.2, 0.25) is 0 Å². The van der Waals surface area contributed by atoms with Crippen LogP contribution >= 0.6 is 0 Å². The fraction of sp³-hybridized carbons (Fsp3) is 0. The minimum absolute atomic E-state index is 0.158. The first-order chi connectivity index (χ1) is 7.58. The smallest absolute Gasteiger partial charge is 0.264 e. The average molecular weight is 238 g/mol. The molecule has 0 saturated heterocycles. The number of nitrogen functional groups attached to an aromatic ring is 1. The molecule has 0 fully saturated rings. The summed E-state index contributed by atoms with van der Waals surface area (Å²) in [5.41, 5.74) is 5.92. The molecule has 0 aliphatic carbocycles. The summed E-state index contributed by atoms with van der Waals surface area (Å²) in [6, 6.07) is 4.53. The minimum Gasteiger partial charge on any atom is -0.397 e. The van der Waals surface area contributed by atoms with Crippen LogP contribution in [0.25, 0.3) is 0 Å². The number of nitrogens with zero attached hydrogens (tertiary/aromatic N) is 1. The van der Waals surface area contributed by atoms with Crippen LogP contribution < -0.4 is 10.5 Å². The van der Waals surface area contributed by atoms with Crippen molar-refractivity contribution in [2.45, 2.75) is 4.90 Å². The molecule has 0 aliphatic rings. The van der Waals surface area contributed by atoms with Gasteiger partial charge in [-0.2, -0.15) is 0 Å². The van der Waals surface area contributed by atoms with Gasteiger partial charge >= 0.3 is 0 Å². The van der Waals surface area contributed by atoms with E-state index in [9.17, 15) is 8.42 Å². The molecule has 6 nitrogen and oxygen atoms in total. The first kappa shape index (κ1) is 10.5. The lowest BCUT2D eigenvalue weighted by molar-refractivity contribution is 0.601. The van der Waals surface area contributed by atoms with Crippen LogP contribution in [-0.2, 0) is 10.0 Å². The SMILES string of the molecule is Nc1ccc(NS(=O)(=O)c2cc[nH]c2)nc1. The Labute approximate surface area is 92.6 Å². The lowest BCUT2D eigenvalue weighted by Crippen LogP contribution is -2.13. The Balaban J connectivity index is 2.25. The molecule has 0 aliphatic heterocycles. The second-order valence-corrected chi connectivity index (χ2v) is 4.81. The predicted molar refractivity (Wildman–Crippen MR) is 60.3 cm³/mol. The van der Waals surface area contributed by atoms with E-state index in [1.165, 1.54) is 30.7 Å². The number of aromatic amines is 1. The van der Waals surface area contributed by atoms with E-state index in [2.05, 4.69) is 14.7 Å². The van der Waals surface area contributed by atoms with E-state index < -0.39 is 10.0 Å². The number of anilines is 2. The topological polar surface area (TPSA) is 101 Å². The van der Waals surface area contributed by atoms with Gasteiger partial charge in [-0.1, -0.05) is 0 Å². The van der Waals surface area contributed by atoms with Gasteiger partial charge < -0.3 is 10.7 Å². The van der Waals surface area contributed by atoms with Crippen molar-refractivity contribution in [2.75, 3.05) is 10.5 Å². The van der Waals surface area contributed by atoms with Crippen molar-refractivity contribution in [2.24, 2.45) is 0 Å². The Bertz CT molecular complexity index is 560. The molecule has 2 aromatic rings. The molecule has 16 heavy (non-hydrogen) atoms. The van der Waals surface area contributed by atoms with E-state index in [1.807, 2.05) is 0 Å². The Kier molecular flexibility index (Phi) is 2.53. The van der Waals surface area contributed by atoms with Crippen molar-refractivity contribution in [3.8, 4) is 0 Å². The van der Waals surface area contributed by atoms with Gasteiger partial charge in [0, 0.05) is 12.4 Å². The number of rotatable bonds is 3. The molecule has 84 valence electrons. The molecule has 0 bridgehead atoms. The normalized spacial score (nSPS) is 11.2. The molecular weight excluding hydrogens is 228 g/mol. The number of nitrogens with one attached hydrogen (secondary N) is 2. The molecular formula is C9H10N4O2S. The van der Waals surface area contributed by atoms with Gasteiger partial charge in [-0.05, 0) is 18.2 Å². The molecule has 0 saturated carbocycles. The van der Waals surface area contributed by atoms with Crippen LogP contribution in [0.15, 0.2) is 41.7 Å². The van der Waals surface area contributed by atoms with E-state index in [0.717, 1.165) is 0 Å². The second kappa shape index (κ2) is 3.86. The molecule has 2 rings (SSSR count). The molecule has 0 aromatic carbocycles. The largest absolute Gasteiger partial charge is 0.397 e. The van der Waals surface area contributed by atoms with Gasteiger partial charge in [-0.15, -0.1) is 0 Å². The summed E-state index contributed by atoms with van der Waals surface area (Å²) in [5, 5.41) is 0. The fourth-order valence-corrected chi connectivity index (χ4v) is 2.12. The lowest BCUT2D eigenvalue weighted by Gasteiger charge is -2.05. The number of sulfonamides is 1. The summed E-state index contributed by atoms with van der Waals surface area (Å²) >= 11 is 0. The van der Waals surface area contributed by atoms with E-state index in [0.29, 0.717) is 5.69 Å². The van der Waals surface area contributed by atoms with Gasteiger partial charge in [0.2, 0.25) is 0 Å². The summed E-state index contributed by atoms with van der Waals surface area (Å²) in [7, 11) is -3.57. The molecule has 7 heteroatoms. The predicted octanol–water partition coefficient (Wildman–Crippen LogP) is 0.793. The highest BCUT2D eigenvalue weighted by Crippen LogP contribution is 2.13. The van der Waals surface area contributed by atoms with Crippen molar-refractivity contribution in [3.05, 3.63) is 36.8 Å². The van der Waals surface area contributed by atoms with Gasteiger partial charge in [-0.25, -0.2) is 13.4 Å². The van der Waals surface area contributed by atoms with E-state index in [-0.39, 0.29) is 10.7 Å². The van der Waals surface area contributed by atoms with Crippen LogP contribution in [0.5, 0.6) is 0 Å². The van der Waals surface area contributed by atoms with E-state index in [1.54, 1.807) is 6.07 Å². The zero-order valence-corrected chi connectivity index (χ0v) is 9.03. The van der Waals surface area contributed by atoms with Crippen LogP contribution in [0.3, 0.4) is 0 Å². The summed E-state index contributed by atoms with van der Waals surface area (Å²) in [4.78, 5) is 6.68. The number of pyridine rings is 1. The Hall–Kier alpha value is -2.02. The third-order valence-electron chi connectivity index (χ3n) is 1.91. The van der Waals surface area contributed by atoms with Crippen LogP contribution in [-0.4, -0.2) is 18.4 Å². The number of aromatic nitrogens is 2. The maximum atomic E-state index is 11.7. The Morgan fingerprint density at radius 1 is 1.31 bits per heavy atom. The molecule has 2 heterocycles. The van der Waals surface area contributed by atoms with Gasteiger partial charge in [0.15, 0.2) is 0 Å². The quantitative estimate of drug-likeness (QED) is 0.735. The molecule has 2 aromatic heterocycles. The van der Waals surface area contributed by atoms with Crippen molar-refractivity contribution in [3.63, 3.8) is 0 Å². The van der Waals surface area contributed by atoms with Gasteiger partial charge in [-0.3, -0.25) is 4.72 Å². The zero-order chi connectivity index (χ0) is 11.6. The number of H-pyrrole nitrogens is 1. The van der Waals surface area contributed by atoms with Crippen molar-refractivity contribution >= 4 is 21.5 Å². The van der Waals surface area contributed by atoms with Crippen molar-refractivity contribution in [1.29, 1.82) is 0 Å². The molecule has 0 spiro atoms. The molecule has 0 atom stereocenters. The fourth-order valence-electron chi connectivity index (χ4n) is 1.14. The summed E-state index contributed by atoms with van der Waals surface area (Å²) in [6.45, 7) is 0. The van der Waals surface area contributed by atoms with Gasteiger partial charge in [0.25, 0.3) is 10.0 Å². The van der Waals surface area contributed by atoms with Crippen LogP contribution in [0.1, 0.15) is 0 Å². The number of hydrogen-bond donors (Lipinski definition) is 3. The highest BCUT2D eigenvalue weighted by molar-refractivity contribution is 7.92. The standard InChI is InChI=1S/C9H10N4O2S/c10-7-1-2-9(12-5-7)13-16(14,15)8-3-4-11-6-8/h1-6,11H,10H2,(H,12,13). The summed E-state index contributed by atoms with van der Waals surface area (Å²) in [5.74, 6) is 0.232. The second-order valence-electron chi connectivity index (χ2n) is 3.13. The molecule has 0 amide bonds. The maximum absolute atomic E-state index is 11.7.